The lowest BCUT2D eigenvalue weighted by molar-refractivity contribution is -0.384. The van der Waals surface area contributed by atoms with E-state index in [4.69, 9.17) is 10.9 Å². The van der Waals surface area contributed by atoms with E-state index < -0.39 is 4.92 Å². The molecule has 9 heteroatoms. The first-order chi connectivity index (χ1) is 8.04. The highest BCUT2D eigenvalue weighted by molar-refractivity contribution is 9.10. The van der Waals surface area contributed by atoms with Crippen LogP contribution in [0.2, 0.25) is 0 Å². The van der Waals surface area contributed by atoms with Gasteiger partial charge in [-0.15, -0.1) is 5.10 Å². The fraction of sp³-hybridized carbons (Fsp3) is 0. The van der Waals surface area contributed by atoms with E-state index in [0.717, 1.165) is 0 Å². The second-order valence-electron chi connectivity index (χ2n) is 2.80. The molecule has 90 valence electrons. The summed E-state index contributed by atoms with van der Waals surface area (Å²) in [6, 6.07) is 4.21. The SMILES string of the molecule is N/C(=N\N=C\c1cc([N+](=O)[O-])ccc1Br)NO. The second kappa shape index (κ2) is 5.92. The summed E-state index contributed by atoms with van der Waals surface area (Å²) in [5.74, 6) is -0.289. The molecule has 1 aromatic carbocycles. The number of nitrogens with zero attached hydrogens (tertiary/aromatic N) is 3. The molecule has 0 aliphatic heterocycles. The number of halogens is 1. The lowest BCUT2D eigenvalue weighted by Crippen LogP contribution is -2.27. The topological polar surface area (TPSA) is 126 Å². The number of hydroxylamine groups is 1. The highest BCUT2D eigenvalue weighted by atomic mass is 79.9. The number of nitro benzene ring substituents is 1. The van der Waals surface area contributed by atoms with Crippen molar-refractivity contribution >= 4 is 33.8 Å². The van der Waals surface area contributed by atoms with E-state index in [1.165, 1.54) is 24.4 Å². The zero-order valence-corrected chi connectivity index (χ0v) is 9.96. The number of hydrogen-bond acceptors (Lipinski definition) is 5. The lowest BCUT2D eigenvalue weighted by Gasteiger charge is -1.97. The van der Waals surface area contributed by atoms with Crippen molar-refractivity contribution in [3.8, 4) is 0 Å². The van der Waals surface area contributed by atoms with Crippen LogP contribution in [0.25, 0.3) is 0 Å². The molecule has 4 N–H and O–H groups in total. The maximum absolute atomic E-state index is 10.5. The van der Waals surface area contributed by atoms with Gasteiger partial charge in [0.15, 0.2) is 0 Å². The maximum Gasteiger partial charge on any atom is 0.270 e. The van der Waals surface area contributed by atoms with Crippen LogP contribution in [0.1, 0.15) is 5.56 Å². The van der Waals surface area contributed by atoms with Gasteiger partial charge in [-0.2, -0.15) is 5.10 Å². The van der Waals surface area contributed by atoms with E-state index in [1.54, 1.807) is 5.48 Å². The molecule has 0 radical (unpaired) electrons. The van der Waals surface area contributed by atoms with Gasteiger partial charge in [-0.25, -0.2) is 5.48 Å². The van der Waals surface area contributed by atoms with Crippen LogP contribution in [-0.4, -0.2) is 22.3 Å². The number of hydrogen-bond donors (Lipinski definition) is 3. The summed E-state index contributed by atoms with van der Waals surface area (Å²) in [4.78, 5) is 10.0. The van der Waals surface area contributed by atoms with E-state index in [2.05, 4.69) is 26.1 Å². The normalized spacial score (nSPS) is 11.8. The van der Waals surface area contributed by atoms with Gasteiger partial charge >= 0.3 is 0 Å². The van der Waals surface area contributed by atoms with E-state index >= 15 is 0 Å². The van der Waals surface area contributed by atoms with Gasteiger partial charge in [0.05, 0.1) is 11.1 Å². The molecule has 8 nitrogen and oxygen atoms in total. The third-order valence-electron chi connectivity index (χ3n) is 1.67. The second-order valence-corrected chi connectivity index (χ2v) is 3.66. The molecular weight excluding hydrogens is 294 g/mol. The van der Waals surface area contributed by atoms with Crippen molar-refractivity contribution in [2.24, 2.45) is 15.9 Å². The van der Waals surface area contributed by atoms with Crippen LogP contribution in [0.15, 0.2) is 32.9 Å². The number of rotatable bonds is 3. The minimum atomic E-state index is -0.517. The van der Waals surface area contributed by atoms with Crippen LogP contribution < -0.4 is 11.2 Å². The fourth-order valence-corrected chi connectivity index (χ4v) is 1.27. The largest absolute Gasteiger partial charge is 0.367 e. The average molecular weight is 302 g/mol. The first-order valence-electron chi connectivity index (χ1n) is 4.25. The van der Waals surface area contributed by atoms with Gasteiger partial charge in [-0.1, -0.05) is 15.9 Å². The van der Waals surface area contributed by atoms with Gasteiger partial charge < -0.3 is 5.73 Å². The summed E-state index contributed by atoms with van der Waals surface area (Å²) >= 11 is 3.21. The minimum absolute atomic E-state index is 0.0631. The standard InChI is InChI=1S/C8H8BrN5O3/c9-7-2-1-6(14(16)17)3-5(7)4-11-12-8(10)13-15/h1-4,15H,(H3,10,12,13)/b11-4+. The monoisotopic (exact) mass is 301 g/mol. The molecule has 0 bridgehead atoms. The molecule has 17 heavy (non-hydrogen) atoms. The molecule has 0 saturated carbocycles. The van der Waals surface area contributed by atoms with Crippen LogP contribution in [0.3, 0.4) is 0 Å². The maximum atomic E-state index is 10.5. The Bertz CT molecular complexity index is 488. The third kappa shape index (κ3) is 3.81. The summed E-state index contributed by atoms with van der Waals surface area (Å²) in [5.41, 5.74) is 7.10. The summed E-state index contributed by atoms with van der Waals surface area (Å²) in [7, 11) is 0. The van der Waals surface area contributed by atoms with E-state index in [9.17, 15) is 10.1 Å². The van der Waals surface area contributed by atoms with Crippen molar-refractivity contribution in [1.29, 1.82) is 0 Å². The number of non-ortho nitro benzene ring substituents is 1. The van der Waals surface area contributed by atoms with Gasteiger partial charge in [0.2, 0.25) is 5.96 Å². The summed E-state index contributed by atoms with van der Waals surface area (Å²) < 4.78 is 0.623. The van der Waals surface area contributed by atoms with E-state index in [0.29, 0.717) is 10.0 Å². The molecule has 0 unspecified atom stereocenters. The first kappa shape index (κ1) is 13.1. The van der Waals surface area contributed by atoms with Gasteiger partial charge in [0, 0.05) is 22.2 Å². The summed E-state index contributed by atoms with van der Waals surface area (Å²) in [6.07, 6.45) is 1.27. The molecule has 0 saturated heterocycles. The molecular formula is C8H8BrN5O3. The predicted molar refractivity (Wildman–Crippen MR) is 64.9 cm³/mol. The van der Waals surface area contributed by atoms with E-state index in [1.807, 2.05) is 0 Å². The lowest BCUT2D eigenvalue weighted by atomic mass is 10.2. The quantitative estimate of drug-likeness (QED) is 0.332. The molecule has 1 rings (SSSR count). The van der Waals surface area contributed by atoms with Crippen molar-refractivity contribution in [3.63, 3.8) is 0 Å². The third-order valence-corrected chi connectivity index (χ3v) is 2.39. The van der Waals surface area contributed by atoms with Crippen molar-refractivity contribution in [3.05, 3.63) is 38.3 Å². The number of benzene rings is 1. The molecule has 0 spiro atoms. The zero-order chi connectivity index (χ0) is 12.8. The van der Waals surface area contributed by atoms with Crippen LogP contribution in [0.4, 0.5) is 5.69 Å². The predicted octanol–water partition coefficient (Wildman–Crippen LogP) is 0.985. The van der Waals surface area contributed by atoms with Crippen LogP contribution in [0, 0.1) is 10.1 Å². The molecule has 0 heterocycles. The Morgan fingerprint density at radius 2 is 2.35 bits per heavy atom. The van der Waals surface area contributed by atoms with Crippen LogP contribution in [-0.2, 0) is 0 Å². The number of nitrogens with one attached hydrogen (secondary N) is 1. The van der Waals surface area contributed by atoms with Crippen molar-refractivity contribution in [2.45, 2.75) is 0 Å². The number of nitrogens with two attached hydrogens (primary N) is 1. The molecule has 0 aromatic heterocycles. The Labute approximate surface area is 104 Å². The smallest absolute Gasteiger partial charge is 0.270 e. The molecule has 0 atom stereocenters. The van der Waals surface area contributed by atoms with Crippen molar-refractivity contribution < 1.29 is 10.1 Å². The molecule has 0 aliphatic carbocycles. The molecule has 0 amide bonds. The highest BCUT2D eigenvalue weighted by Crippen LogP contribution is 2.20. The summed E-state index contributed by atoms with van der Waals surface area (Å²) in [5, 5.41) is 25.8. The van der Waals surface area contributed by atoms with Gasteiger partial charge in [-0.3, -0.25) is 15.3 Å². The Morgan fingerprint density at radius 3 is 2.94 bits per heavy atom. The Hall–Kier alpha value is -2.00. The average Bonchev–Trinajstić information content (AvgIpc) is 2.30. The minimum Gasteiger partial charge on any atom is -0.367 e. The van der Waals surface area contributed by atoms with Gasteiger partial charge in [0.25, 0.3) is 5.69 Å². The van der Waals surface area contributed by atoms with Crippen LogP contribution in [0.5, 0.6) is 0 Å². The Kier molecular flexibility index (Phi) is 4.55. The number of nitro groups is 1. The zero-order valence-electron chi connectivity index (χ0n) is 8.37. The van der Waals surface area contributed by atoms with Crippen molar-refractivity contribution in [2.75, 3.05) is 0 Å². The summed E-state index contributed by atoms with van der Waals surface area (Å²) in [6.45, 7) is 0. The van der Waals surface area contributed by atoms with E-state index in [-0.39, 0.29) is 11.6 Å². The van der Waals surface area contributed by atoms with Gasteiger partial charge in [0.1, 0.15) is 0 Å². The van der Waals surface area contributed by atoms with Crippen molar-refractivity contribution in [1.82, 2.24) is 5.48 Å². The first-order valence-corrected chi connectivity index (χ1v) is 5.04. The fourth-order valence-electron chi connectivity index (χ4n) is 0.919. The van der Waals surface area contributed by atoms with Crippen LogP contribution >= 0.6 is 15.9 Å². The highest BCUT2D eigenvalue weighted by Gasteiger charge is 2.07. The van der Waals surface area contributed by atoms with Gasteiger partial charge in [-0.05, 0) is 6.07 Å². The Morgan fingerprint density at radius 1 is 1.65 bits per heavy atom. The molecule has 1 aromatic rings. The Balaban J connectivity index is 2.98. The molecule has 0 aliphatic rings. The molecule has 0 fully saturated rings. The number of guanidine groups is 1.